The summed E-state index contributed by atoms with van der Waals surface area (Å²) in [4.78, 5) is 47.4. The fourth-order valence-electron chi connectivity index (χ4n) is 9.06. The number of aldehydes is 1. The van der Waals surface area contributed by atoms with Crippen molar-refractivity contribution in [2.75, 3.05) is 21.3 Å². The van der Waals surface area contributed by atoms with E-state index in [0.717, 1.165) is 39.9 Å². The van der Waals surface area contributed by atoms with Crippen LogP contribution >= 0.6 is 0 Å². The number of ketones is 3. The molecule has 0 bridgehead atoms. The third-order valence-corrected chi connectivity index (χ3v) is 13.9. The molecule has 10 aromatic rings. The molecule has 10 aromatic carbocycles. The summed E-state index contributed by atoms with van der Waals surface area (Å²) in [6.45, 7) is 2.56. The SMILES string of the molecule is CC(=O)c1c(O)cc(OCc2ccccc2)cc1OCc1ccccc1.COc1cc(/C=C/C(=O)c2c(O)cc(OCc3ccccc3)cc2OCc2ccccc2)ccc1O.COc1cc(C=O)ccc1O.COc1cc(CCC(=O)c2c(O)cc(O)cc2O)ccc1O. The molecule has 0 heterocycles. The van der Waals surface area contributed by atoms with Crippen molar-refractivity contribution >= 4 is 29.7 Å². The summed E-state index contributed by atoms with van der Waals surface area (Å²) in [6, 6.07) is 60.5. The first-order valence-electron chi connectivity index (χ1n) is 29.3. The van der Waals surface area contributed by atoms with E-state index in [1.165, 1.54) is 76.8 Å². The van der Waals surface area contributed by atoms with Crippen LogP contribution in [-0.2, 0) is 32.8 Å². The molecule has 0 aliphatic carbocycles. The Kier molecular flexibility index (Phi) is 26.0. The molecule has 95 heavy (non-hydrogen) atoms. The lowest BCUT2D eigenvalue weighted by Gasteiger charge is -2.15. The van der Waals surface area contributed by atoms with E-state index in [1.54, 1.807) is 42.5 Å². The minimum atomic E-state index is -0.467. The maximum Gasteiger partial charge on any atom is 0.193 e. The number of methoxy groups -OCH3 is 3. The third-order valence-electron chi connectivity index (χ3n) is 13.9. The summed E-state index contributed by atoms with van der Waals surface area (Å²) in [5, 5.41) is 78.0. The molecule has 0 spiro atoms. The van der Waals surface area contributed by atoms with Gasteiger partial charge in [0.15, 0.2) is 51.8 Å². The molecule has 488 valence electrons. The Morgan fingerprint density at radius 2 is 0.747 bits per heavy atom. The summed E-state index contributed by atoms with van der Waals surface area (Å²) in [6.07, 6.45) is 3.99. The second-order valence-corrected chi connectivity index (χ2v) is 20.8. The zero-order chi connectivity index (χ0) is 68.2. The predicted molar refractivity (Wildman–Crippen MR) is 356 cm³/mol. The number of hydrogen-bond donors (Lipinski definition) is 8. The summed E-state index contributed by atoms with van der Waals surface area (Å²) in [7, 11) is 4.31. The Morgan fingerprint density at radius 1 is 0.368 bits per heavy atom. The first-order valence-corrected chi connectivity index (χ1v) is 29.3. The van der Waals surface area contributed by atoms with Crippen molar-refractivity contribution in [3.63, 3.8) is 0 Å². The average Bonchev–Trinajstić information content (AvgIpc) is 0.957. The lowest BCUT2D eigenvalue weighted by atomic mass is 10.0. The molecule has 19 heteroatoms. The fourth-order valence-corrected chi connectivity index (χ4v) is 9.06. The van der Waals surface area contributed by atoms with Crippen molar-refractivity contribution in [3.8, 4) is 86.2 Å². The zero-order valence-corrected chi connectivity index (χ0v) is 52.3. The number of phenols is 8. The molecular formula is C76H70O19. The molecule has 0 aromatic heterocycles. The number of carbonyl (C=O) groups is 4. The van der Waals surface area contributed by atoms with Crippen molar-refractivity contribution in [2.45, 2.75) is 46.2 Å². The number of ether oxygens (including phenoxy) is 7. The summed E-state index contributed by atoms with van der Waals surface area (Å²) < 4.78 is 38.3. The van der Waals surface area contributed by atoms with Gasteiger partial charge in [0.25, 0.3) is 0 Å². The van der Waals surface area contributed by atoms with Crippen LogP contribution in [0.2, 0.25) is 0 Å². The Bertz CT molecular complexity index is 4190. The lowest BCUT2D eigenvalue weighted by Crippen LogP contribution is -2.04. The number of Topliss-reactive ketones (excluding diaryl/α,β-unsaturated/α-hetero) is 2. The van der Waals surface area contributed by atoms with Gasteiger partial charge in [-0.2, -0.15) is 0 Å². The van der Waals surface area contributed by atoms with Gasteiger partial charge in [-0.15, -0.1) is 0 Å². The van der Waals surface area contributed by atoms with E-state index >= 15 is 0 Å². The highest BCUT2D eigenvalue weighted by atomic mass is 16.5. The molecule has 0 atom stereocenters. The predicted octanol–water partition coefficient (Wildman–Crippen LogP) is 14.5. The van der Waals surface area contributed by atoms with Gasteiger partial charge in [0.2, 0.25) is 0 Å². The molecule has 0 saturated carbocycles. The summed E-state index contributed by atoms with van der Waals surface area (Å²) in [5.74, 6) is -0.523. The van der Waals surface area contributed by atoms with Gasteiger partial charge in [0, 0.05) is 48.4 Å². The van der Waals surface area contributed by atoms with Crippen LogP contribution in [0.5, 0.6) is 86.2 Å². The average molecular weight is 1290 g/mol. The standard InChI is InChI=1S/C30H26O6.C22H20O4.C16H16O6.C8H8O3/c1-34-28-16-21(12-14-25(28)31)13-15-26(32)30-27(33)17-24(35-19-22-8-4-2-5-9-22)18-29(30)36-20-23-10-6-3-7-11-23;1-16(23)22-20(24)12-19(25-14-17-8-4-2-5-9-17)13-21(22)26-15-18-10-6-3-7-11-18;1-22-15-6-9(2-4-11(15)18)3-5-12(19)16-13(20)7-10(17)8-14(16)21;1-11-8-4-6(5-9)2-3-7(8)10/h2-18,31,33H,19-20H2,1H3;2-13,24H,14-15H2,1H3;2,4,6-8,17-18,20-21H,3,5H2,1H3;2-5,10H,1H3/b15-13+;;;. The van der Waals surface area contributed by atoms with Gasteiger partial charge in [-0.05, 0) is 95.3 Å². The van der Waals surface area contributed by atoms with Crippen LogP contribution < -0.4 is 33.2 Å². The minimum absolute atomic E-state index is 0.00121. The second kappa shape index (κ2) is 35.3. The van der Waals surface area contributed by atoms with Gasteiger partial charge in [0.05, 0.1) is 21.3 Å². The normalized spacial score (nSPS) is 10.4. The lowest BCUT2D eigenvalue weighted by molar-refractivity contribution is 0.0974. The highest BCUT2D eigenvalue weighted by Crippen LogP contribution is 2.38. The topological polar surface area (TPSA) is 295 Å². The molecule has 0 radical (unpaired) electrons. The minimum Gasteiger partial charge on any atom is -0.508 e. The maximum absolute atomic E-state index is 13.1. The van der Waals surface area contributed by atoms with Gasteiger partial charge in [-0.1, -0.05) is 140 Å². The molecule has 0 amide bonds. The first-order chi connectivity index (χ1) is 45.9. The number of aromatic hydroxyl groups is 8. The molecule has 0 unspecified atom stereocenters. The highest BCUT2D eigenvalue weighted by Gasteiger charge is 2.21. The van der Waals surface area contributed by atoms with Gasteiger partial charge in [0.1, 0.15) is 101 Å². The van der Waals surface area contributed by atoms with Crippen LogP contribution in [0.3, 0.4) is 0 Å². The number of benzene rings is 10. The van der Waals surface area contributed by atoms with Crippen molar-refractivity contribution in [1.29, 1.82) is 0 Å². The fraction of sp³-hybridized carbons (Fsp3) is 0.132. The van der Waals surface area contributed by atoms with E-state index in [1.807, 2.05) is 121 Å². The Labute approximate surface area is 548 Å². The monoisotopic (exact) mass is 1290 g/mol. The summed E-state index contributed by atoms with van der Waals surface area (Å²) in [5.41, 5.74) is 5.73. The van der Waals surface area contributed by atoms with E-state index in [-0.39, 0.29) is 75.7 Å². The van der Waals surface area contributed by atoms with Gasteiger partial charge >= 0.3 is 0 Å². The van der Waals surface area contributed by atoms with Gasteiger partial charge < -0.3 is 74.0 Å². The van der Waals surface area contributed by atoms with E-state index in [0.29, 0.717) is 78.2 Å². The number of phenolic OH excluding ortho intramolecular Hbond substituents is 8. The highest BCUT2D eigenvalue weighted by molar-refractivity contribution is 6.10. The second-order valence-electron chi connectivity index (χ2n) is 20.8. The Balaban J connectivity index is 0.000000191. The molecule has 10 rings (SSSR count). The van der Waals surface area contributed by atoms with Crippen LogP contribution in [0, 0.1) is 0 Å². The quantitative estimate of drug-likeness (QED) is 0.0158. The number of rotatable bonds is 24. The first kappa shape index (κ1) is 70.1. The molecule has 0 saturated heterocycles. The summed E-state index contributed by atoms with van der Waals surface area (Å²) >= 11 is 0. The molecular weight excluding hydrogens is 1220 g/mol. The van der Waals surface area contributed by atoms with E-state index in [9.17, 15) is 54.9 Å². The van der Waals surface area contributed by atoms with Crippen molar-refractivity contribution in [2.24, 2.45) is 0 Å². The van der Waals surface area contributed by atoms with Crippen molar-refractivity contribution in [3.05, 3.63) is 274 Å². The molecule has 0 aliphatic heterocycles. The zero-order valence-electron chi connectivity index (χ0n) is 52.3. The van der Waals surface area contributed by atoms with E-state index < -0.39 is 23.1 Å². The van der Waals surface area contributed by atoms with Crippen LogP contribution in [0.1, 0.15) is 88.2 Å². The van der Waals surface area contributed by atoms with Crippen LogP contribution in [0.4, 0.5) is 0 Å². The van der Waals surface area contributed by atoms with Gasteiger partial charge in [-0.25, -0.2) is 0 Å². The molecule has 19 nitrogen and oxygen atoms in total. The maximum atomic E-state index is 13.1. The molecule has 8 N–H and O–H groups in total. The van der Waals surface area contributed by atoms with Crippen molar-refractivity contribution in [1.82, 2.24) is 0 Å². The Morgan fingerprint density at radius 3 is 1.18 bits per heavy atom. The van der Waals surface area contributed by atoms with Crippen LogP contribution in [-0.4, -0.2) is 85.8 Å². The number of hydrogen-bond acceptors (Lipinski definition) is 19. The number of aryl methyl sites for hydroxylation is 1. The number of carbonyl (C=O) groups excluding carboxylic acids is 4. The Hall–Kier alpha value is -12.4. The van der Waals surface area contributed by atoms with Crippen molar-refractivity contribution < 1.29 is 93.2 Å². The molecule has 0 fully saturated rings. The van der Waals surface area contributed by atoms with Crippen LogP contribution in [0.15, 0.2) is 218 Å². The van der Waals surface area contributed by atoms with Crippen LogP contribution in [0.25, 0.3) is 6.08 Å². The van der Waals surface area contributed by atoms with E-state index in [4.69, 9.17) is 38.3 Å². The van der Waals surface area contributed by atoms with Gasteiger partial charge in [-0.3, -0.25) is 19.2 Å². The molecule has 0 aliphatic rings. The largest absolute Gasteiger partial charge is 0.508 e. The number of allylic oxidation sites excluding steroid dienone is 1. The smallest absolute Gasteiger partial charge is 0.193 e. The van der Waals surface area contributed by atoms with E-state index in [2.05, 4.69) is 0 Å². The third kappa shape index (κ3) is 21.1.